The molecule has 4 rings (SSSR count). The molecule has 1 fully saturated rings. The number of rotatable bonds is 4. The highest BCUT2D eigenvalue weighted by atomic mass is 16.5. The van der Waals surface area contributed by atoms with E-state index in [4.69, 9.17) is 4.74 Å². The first-order chi connectivity index (χ1) is 14.1. The average molecular weight is 406 g/mol. The SMILES string of the molecule is C=C(C)C1(C)CC=CC(C(C)C)=C1N1CC2(CCc3c(OC)cccc32)CC1(C)C. The fourth-order valence-electron chi connectivity index (χ4n) is 6.45. The van der Waals surface area contributed by atoms with E-state index in [0.29, 0.717) is 5.92 Å². The summed E-state index contributed by atoms with van der Waals surface area (Å²) in [5.41, 5.74) is 7.53. The maximum atomic E-state index is 5.72. The number of benzene rings is 1. The number of nitrogens with zero attached hydrogens (tertiary/aromatic N) is 1. The lowest BCUT2D eigenvalue weighted by atomic mass is 9.70. The number of hydrogen-bond acceptors (Lipinski definition) is 2. The lowest BCUT2D eigenvalue weighted by Gasteiger charge is -2.47. The van der Waals surface area contributed by atoms with Crippen LogP contribution in [-0.4, -0.2) is 24.1 Å². The standard InChI is InChI=1S/C28H39NO/c1-19(2)21-11-10-15-27(7,20(3)4)25(21)29-18-28(17-26(29,5)6)16-14-22-23(28)12-9-13-24(22)30-8/h9-13,19H,3,14-18H2,1-2,4-8H3. The monoisotopic (exact) mass is 405 g/mol. The molecule has 0 N–H and O–H groups in total. The van der Waals surface area contributed by atoms with Crippen molar-refractivity contribution in [2.75, 3.05) is 13.7 Å². The number of methoxy groups -OCH3 is 1. The Kier molecular flexibility index (Phi) is 4.99. The van der Waals surface area contributed by atoms with Crippen LogP contribution in [0.2, 0.25) is 0 Å². The van der Waals surface area contributed by atoms with Crippen LogP contribution in [0.4, 0.5) is 0 Å². The molecule has 2 atom stereocenters. The van der Waals surface area contributed by atoms with Crippen LogP contribution in [0.1, 0.15) is 71.9 Å². The highest BCUT2D eigenvalue weighted by Gasteiger charge is 2.55. The lowest BCUT2D eigenvalue weighted by Crippen LogP contribution is -2.45. The molecule has 162 valence electrons. The molecule has 2 aliphatic carbocycles. The van der Waals surface area contributed by atoms with Gasteiger partial charge in [0.05, 0.1) is 7.11 Å². The maximum absolute atomic E-state index is 5.72. The Morgan fingerprint density at radius 3 is 2.57 bits per heavy atom. The minimum Gasteiger partial charge on any atom is -0.496 e. The Morgan fingerprint density at radius 1 is 1.20 bits per heavy atom. The van der Waals surface area contributed by atoms with E-state index in [1.54, 1.807) is 7.11 Å². The minimum absolute atomic E-state index is 0.00698. The molecule has 2 unspecified atom stereocenters. The molecule has 0 amide bonds. The van der Waals surface area contributed by atoms with Crippen LogP contribution in [0, 0.1) is 11.3 Å². The van der Waals surface area contributed by atoms with Gasteiger partial charge in [-0.1, -0.05) is 57.2 Å². The number of fused-ring (bicyclic) bond motifs is 2. The van der Waals surface area contributed by atoms with Crippen molar-refractivity contribution < 1.29 is 4.74 Å². The topological polar surface area (TPSA) is 12.5 Å². The van der Waals surface area contributed by atoms with Crippen LogP contribution in [0.15, 0.2) is 53.8 Å². The molecule has 0 saturated carbocycles. The summed E-state index contributed by atoms with van der Waals surface area (Å²) in [7, 11) is 1.80. The van der Waals surface area contributed by atoms with Crippen LogP contribution >= 0.6 is 0 Å². The third-order valence-electron chi connectivity index (χ3n) is 8.19. The molecule has 0 bridgehead atoms. The first-order valence-corrected chi connectivity index (χ1v) is 11.6. The van der Waals surface area contributed by atoms with Gasteiger partial charge in [0.25, 0.3) is 0 Å². The molecule has 0 aromatic heterocycles. The van der Waals surface area contributed by atoms with E-state index >= 15 is 0 Å². The van der Waals surface area contributed by atoms with Crippen molar-refractivity contribution >= 4 is 0 Å². The molecule has 3 aliphatic rings. The van der Waals surface area contributed by atoms with Gasteiger partial charge in [0.2, 0.25) is 0 Å². The van der Waals surface area contributed by atoms with Crippen molar-refractivity contribution in [3.8, 4) is 5.75 Å². The van der Waals surface area contributed by atoms with Crippen LogP contribution in [0.25, 0.3) is 0 Å². The van der Waals surface area contributed by atoms with Crippen LogP contribution in [0.5, 0.6) is 5.75 Å². The van der Waals surface area contributed by atoms with Crippen LogP contribution in [0.3, 0.4) is 0 Å². The van der Waals surface area contributed by atoms with E-state index in [2.05, 4.69) is 83.4 Å². The molecule has 30 heavy (non-hydrogen) atoms. The largest absolute Gasteiger partial charge is 0.496 e. The van der Waals surface area contributed by atoms with Crippen LogP contribution < -0.4 is 4.74 Å². The maximum Gasteiger partial charge on any atom is 0.122 e. The zero-order valence-corrected chi connectivity index (χ0v) is 20.1. The van der Waals surface area contributed by atoms with Gasteiger partial charge in [-0.2, -0.15) is 0 Å². The van der Waals surface area contributed by atoms with Gasteiger partial charge in [0.1, 0.15) is 5.75 Å². The fraction of sp³-hybridized carbons (Fsp3) is 0.571. The summed E-state index contributed by atoms with van der Waals surface area (Å²) in [6.07, 6.45) is 9.31. The predicted octanol–water partition coefficient (Wildman–Crippen LogP) is 6.82. The van der Waals surface area contributed by atoms with Gasteiger partial charge in [0.15, 0.2) is 0 Å². The predicted molar refractivity (Wildman–Crippen MR) is 127 cm³/mol. The summed E-state index contributed by atoms with van der Waals surface area (Å²) in [5.74, 6) is 1.56. The molecule has 1 spiro atoms. The van der Waals surface area contributed by atoms with Gasteiger partial charge in [-0.05, 0) is 75.1 Å². The van der Waals surface area contributed by atoms with Crippen molar-refractivity contribution in [1.82, 2.24) is 4.90 Å². The molecule has 0 radical (unpaired) electrons. The summed E-state index contributed by atoms with van der Waals surface area (Å²) in [6, 6.07) is 6.67. The Balaban J connectivity index is 1.85. The number of ether oxygens (including phenoxy) is 1. The molecule has 2 heteroatoms. The second-order valence-corrected chi connectivity index (χ2v) is 11.0. The Labute approximate surface area is 183 Å². The van der Waals surface area contributed by atoms with Crippen molar-refractivity contribution in [3.63, 3.8) is 0 Å². The number of allylic oxidation sites excluding steroid dienone is 4. The van der Waals surface area contributed by atoms with Crippen molar-refractivity contribution in [2.45, 2.75) is 78.2 Å². The molecular weight excluding hydrogens is 366 g/mol. The molecular formula is C28H39NO. The minimum atomic E-state index is -0.00698. The average Bonchev–Trinajstić information content (AvgIpc) is 3.17. The molecule has 1 heterocycles. The van der Waals surface area contributed by atoms with Crippen molar-refractivity contribution in [2.24, 2.45) is 11.3 Å². The molecule has 1 aromatic carbocycles. The summed E-state index contributed by atoms with van der Waals surface area (Å²) < 4.78 is 5.72. The van der Waals surface area contributed by atoms with E-state index in [-0.39, 0.29) is 16.4 Å². The van der Waals surface area contributed by atoms with Gasteiger partial charge < -0.3 is 9.64 Å². The van der Waals surface area contributed by atoms with Crippen molar-refractivity contribution in [1.29, 1.82) is 0 Å². The number of hydrogen-bond donors (Lipinski definition) is 0. The molecule has 1 aliphatic heterocycles. The number of likely N-dealkylation sites (tertiary alicyclic amines) is 1. The summed E-state index contributed by atoms with van der Waals surface area (Å²) in [4.78, 5) is 2.77. The third-order valence-corrected chi connectivity index (χ3v) is 8.19. The van der Waals surface area contributed by atoms with Gasteiger partial charge >= 0.3 is 0 Å². The summed E-state index contributed by atoms with van der Waals surface area (Å²) >= 11 is 0. The van der Waals surface area contributed by atoms with E-state index in [1.807, 2.05) is 0 Å². The van der Waals surface area contributed by atoms with E-state index in [0.717, 1.165) is 25.1 Å². The Morgan fingerprint density at radius 2 is 1.93 bits per heavy atom. The molecule has 2 nitrogen and oxygen atoms in total. The first kappa shape index (κ1) is 21.3. The van der Waals surface area contributed by atoms with Crippen molar-refractivity contribution in [3.05, 3.63) is 64.9 Å². The van der Waals surface area contributed by atoms with Gasteiger partial charge in [-0.15, -0.1) is 0 Å². The molecule has 1 aromatic rings. The highest BCUT2D eigenvalue weighted by Crippen LogP contribution is 2.57. The van der Waals surface area contributed by atoms with E-state index in [1.165, 1.54) is 40.8 Å². The first-order valence-electron chi connectivity index (χ1n) is 11.6. The van der Waals surface area contributed by atoms with Gasteiger partial charge in [-0.3, -0.25) is 0 Å². The summed E-state index contributed by atoms with van der Waals surface area (Å²) in [5, 5.41) is 0. The van der Waals surface area contributed by atoms with E-state index < -0.39 is 0 Å². The molecule has 1 saturated heterocycles. The normalized spacial score (nSPS) is 29.8. The lowest BCUT2D eigenvalue weighted by molar-refractivity contribution is 0.176. The fourth-order valence-corrected chi connectivity index (χ4v) is 6.45. The van der Waals surface area contributed by atoms with E-state index in [9.17, 15) is 0 Å². The third kappa shape index (κ3) is 2.98. The summed E-state index contributed by atoms with van der Waals surface area (Å²) in [6.45, 7) is 19.7. The zero-order chi connectivity index (χ0) is 21.9. The second kappa shape index (κ2) is 7.04. The van der Waals surface area contributed by atoms with Crippen LogP contribution in [-0.2, 0) is 11.8 Å². The van der Waals surface area contributed by atoms with Gasteiger partial charge in [0, 0.05) is 28.6 Å². The quantitative estimate of drug-likeness (QED) is 0.510. The Hall–Kier alpha value is -1.96. The second-order valence-electron chi connectivity index (χ2n) is 11.0. The Bertz CT molecular complexity index is 934. The van der Waals surface area contributed by atoms with Gasteiger partial charge in [-0.25, -0.2) is 0 Å². The highest BCUT2D eigenvalue weighted by molar-refractivity contribution is 5.51. The zero-order valence-electron chi connectivity index (χ0n) is 20.1. The smallest absolute Gasteiger partial charge is 0.122 e.